The second-order valence-electron chi connectivity index (χ2n) is 4.61. The lowest BCUT2D eigenvalue weighted by molar-refractivity contribution is 0.455. The highest BCUT2D eigenvalue weighted by molar-refractivity contribution is 9.10. The molecule has 1 aromatic carbocycles. The second-order valence-corrected chi connectivity index (χ2v) is 6.39. The Morgan fingerprint density at radius 2 is 2.11 bits per heavy atom. The summed E-state index contributed by atoms with van der Waals surface area (Å²) in [7, 11) is 0. The third-order valence-corrected chi connectivity index (χ3v) is 4.75. The van der Waals surface area contributed by atoms with Gasteiger partial charge in [-0.2, -0.15) is 0 Å². The fourth-order valence-electron chi connectivity index (χ4n) is 2.35. The van der Waals surface area contributed by atoms with Gasteiger partial charge in [-0.05, 0) is 38.1 Å². The molecule has 3 rings (SSSR count). The minimum absolute atomic E-state index is 0.642. The number of nitrogens with one attached hydrogen (secondary N) is 1. The molecule has 1 aliphatic rings. The number of piperidine rings is 1. The molecular formula is C14H15BrN2S. The first kappa shape index (κ1) is 12.3. The monoisotopic (exact) mass is 322 g/mol. The first-order chi connectivity index (χ1) is 8.83. The third kappa shape index (κ3) is 2.66. The molecule has 0 amide bonds. The van der Waals surface area contributed by atoms with E-state index >= 15 is 0 Å². The van der Waals surface area contributed by atoms with Crippen molar-refractivity contribution in [3.8, 4) is 10.6 Å². The molecule has 0 radical (unpaired) electrons. The van der Waals surface area contributed by atoms with Gasteiger partial charge in [-0.15, -0.1) is 11.3 Å². The molecule has 0 spiro atoms. The van der Waals surface area contributed by atoms with Crippen LogP contribution in [0.2, 0.25) is 0 Å². The Bertz CT molecular complexity index is 532. The van der Waals surface area contributed by atoms with Crippen molar-refractivity contribution in [2.75, 3.05) is 13.1 Å². The topological polar surface area (TPSA) is 24.9 Å². The van der Waals surface area contributed by atoms with Crippen LogP contribution >= 0.6 is 27.3 Å². The van der Waals surface area contributed by atoms with E-state index in [1.165, 1.54) is 24.1 Å². The molecule has 1 saturated heterocycles. The third-order valence-electron chi connectivity index (χ3n) is 3.35. The quantitative estimate of drug-likeness (QED) is 0.902. The first-order valence-electron chi connectivity index (χ1n) is 6.25. The molecule has 0 aliphatic carbocycles. The minimum atomic E-state index is 0.642. The summed E-state index contributed by atoms with van der Waals surface area (Å²) in [5.74, 6) is 0.642. The molecule has 0 unspecified atom stereocenters. The van der Waals surface area contributed by atoms with Gasteiger partial charge < -0.3 is 5.32 Å². The molecule has 2 heterocycles. The Morgan fingerprint density at radius 1 is 1.28 bits per heavy atom. The Hall–Kier alpha value is -0.710. The Balaban J connectivity index is 1.84. The zero-order valence-electron chi connectivity index (χ0n) is 10.0. The maximum atomic E-state index is 4.82. The lowest BCUT2D eigenvalue weighted by Gasteiger charge is -2.20. The largest absolute Gasteiger partial charge is 0.317 e. The minimum Gasteiger partial charge on any atom is -0.317 e. The number of benzene rings is 1. The molecule has 2 nitrogen and oxygen atoms in total. The summed E-state index contributed by atoms with van der Waals surface area (Å²) in [5, 5.41) is 6.76. The van der Waals surface area contributed by atoms with Crippen molar-refractivity contribution >= 4 is 27.3 Å². The highest BCUT2D eigenvalue weighted by atomic mass is 79.9. The number of nitrogens with zero attached hydrogens (tertiary/aromatic N) is 1. The average Bonchev–Trinajstić information content (AvgIpc) is 2.89. The molecule has 4 heteroatoms. The molecule has 1 fully saturated rings. The summed E-state index contributed by atoms with van der Waals surface area (Å²) in [6.45, 7) is 2.24. The van der Waals surface area contributed by atoms with Crippen LogP contribution in [-0.4, -0.2) is 18.1 Å². The van der Waals surface area contributed by atoms with Crippen molar-refractivity contribution < 1.29 is 0 Å². The fraction of sp³-hybridized carbons (Fsp3) is 0.357. The molecule has 0 atom stereocenters. The number of halogens is 1. The number of hydrogen-bond acceptors (Lipinski definition) is 3. The van der Waals surface area contributed by atoms with E-state index in [1.54, 1.807) is 11.3 Å². The fourth-order valence-corrected chi connectivity index (χ4v) is 3.64. The maximum absolute atomic E-state index is 4.82. The van der Waals surface area contributed by atoms with Crippen LogP contribution in [0, 0.1) is 0 Å². The van der Waals surface area contributed by atoms with Crippen LogP contribution in [0.5, 0.6) is 0 Å². The maximum Gasteiger partial charge on any atom is 0.123 e. The Labute approximate surface area is 120 Å². The van der Waals surface area contributed by atoms with Crippen LogP contribution < -0.4 is 5.32 Å². The summed E-state index contributed by atoms with van der Waals surface area (Å²) < 4.78 is 1.11. The van der Waals surface area contributed by atoms with E-state index in [0.29, 0.717) is 5.92 Å². The summed E-state index contributed by atoms with van der Waals surface area (Å²) in [6, 6.07) is 8.36. The van der Waals surface area contributed by atoms with Crippen molar-refractivity contribution in [3.63, 3.8) is 0 Å². The molecule has 94 valence electrons. The number of rotatable bonds is 2. The standard InChI is InChI=1S/C14H15BrN2S/c15-12-3-1-2-11(8-12)14-17-13(9-18-14)10-4-6-16-7-5-10/h1-3,8-10,16H,4-7H2. The van der Waals surface area contributed by atoms with Gasteiger partial charge in [-0.1, -0.05) is 28.1 Å². The first-order valence-corrected chi connectivity index (χ1v) is 7.92. The number of aromatic nitrogens is 1. The van der Waals surface area contributed by atoms with E-state index in [0.717, 1.165) is 22.6 Å². The van der Waals surface area contributed by atoms with Gasteiger partial charge in [0.15, 0.2) is 0 Å². The van der Waals surface area contributed by atoms with Crippen LogP contribution in [0.4, 0.5) is 0 Å². The molecule has 0 saturated carbocycles. The van der Waals surface area contributed by atoms with Crippen LogP contribution in [0.1, 0.15) is 24.5 Å². The predicted molar refractivity (Wildman–Crippen MR) is 80.1 cm³/mol. The van der Waals surface area contributed by atoms with Gasteiger partial charge >= 0.3 is 0 Å². The summed E-state index contributed by atoms with van der Waals surface area (Å²) >= 11 is 5.26. The van der Waals surface area contributed by atoms with E-state index in [9.17, 15) is 0 Å². The predicted octanol–water partition coefficient (Wildman–Crippen LogP) is 4.04. The van der Waals surface area contributed by atoms with Crippen molar-refractivity contribution in [2.45, 2.75) is 18.8 Å². The van der Waals surface area contributed by atoms with Crippen LogP contribution in [0.25, 0.3) is 10.6 Å². The highest BCUT2D eigenvalue weighted by Gasteiger charge is 2.18. The van der Waals surface area contributed by atoms with Gasteiger partial charge in [-0.3, -0.25) is 0 Å². The van der Waals surface area contributed by atoms with Crippen molar-refractivity contribution in [3.05, 3.63) is 39.8 Å². The Kier molecular flexibility index (Phi) is 3.77. The molecule has 2 aromatic rings. The second kappa shape index (κ2) is 5.51. The summed E-state index contributed by atoms with van der Waals surface area (Å²) in [6.07, 6.45) is 2.42. The molecule has 0 bridgehead atoms. The van der Waals surface area contributed by atoms with Crippen LogP contribution in [0.3, 0.4) is 0 Å². The van der Waals surface area contributed by atoms with Gasteiger partial charge in [0.05, 0.1) is 5.69 Å². The number of hydrogen-bond donors (Lipinski definition) is 1. The molecule has 18 heavy (non-hydrogen) atoms. The van der Waals surface area contributed by atoms with Crippen LogP contribution in [-0.2, 0) is 0 Å². The Morgan fingerprint density at radius 3 is 2.89 bits per heavy atom. The van der Waals surface area contributed by atoms with Gasteiger partial charge in [-0.25, -0.2) is 4.98 Å². The van der Waals surface area contributed by atoms with E-state index in [4.69, 9.17) is 4.98 Å². The molecular weight excluding hydrogens is 308 g/mol. The van der Waals surface area contributed by atoms with E-state index < -0.39 is 0 Å². The van der Waals surface area contributed by atoms with Crippen molar-refractivity contribution in [1.29, 1.82) is 0 Å². The van der Waals surface area contributed by atoms with Gasteiger partial charge in [0, 0.05) is 21.3 Å². The van der Waals surface area contributed by atoms with Crippen molar-refractivity contribution in [1.82, 2.24) is 10.3 Å². The zero-order chi connectivity index (χ0) is 12.4. The van der Waals surface area contributed by atoms with E-state index in [1.807, 2.05) is 6.07 Å². The lowest BCUT2D eigenvalue weighted by atomic mass is 9.95. The zero-order valence-corrected chi connectivity index (χ0v) is 12.4. The van der Waals surface area contributed by atoms with Crippen molar-refractivity contribution in [2.24, 2.45) is 0 Å². The average molecular weight is 323 g/mol. The highest BCUT2D eigenvalue weighted by Crippen LogP contribution is 2.31. The smallest absolute Gasteiger partial charge is 0.123 e. The van der Waals surface area contributed by atoms with Gasteiger partial charge in [0.1, 0.15) is 5.01 Å². The summed E-state index contributed by atoms with van der Waals surface area (Å²) in [5.41, 5.74) is 2.48. The normalized spacial score (nSPS) is 16.9. The summed E-state index contributed by atoms with van der Waals surface area (Å²) in [4.78, 5) is 4.82. The SMILES string of the molecule is Brc1cccc(-c2nc(C3CCNCC3)cs2)c1. The number of thiazole rings is 1. The van der Waals surface area contributed by atoms with Gasteiger partial charge in [0.25, 0.3) is 0 Å². The van der Waals surface area contributed by atoms with Crippen LogP contribution in [0.15, 0.2) is 34.1 Å². The van der Waals surface area contributed by atoms with E-state index in [2.05, 4.69) is 44.8 Å². The lowest BCUT2D eigenvalue weighted by Crippen LogP contribution is -2.26. The molecule has 1 aliphatic heterocycles. The van der Waals surface area contributed by atoms with Gasteiger partial charge in [0.2, 0.25) is 0 Å². The molecule has 1 aromatic heterocycles. The van der Waals surface area contributed by atoms with E-state index in [-0.39, 0.29) is 0 Å². The molecule has 1 N–H and O–H groups in total.